The van der Waals surface area contributed by atoms with E-state index in [-0.39, 0.29) is 6.42 Å². The Kier molecular flexibility index (Phi) is 6.79. The molecule has 0 rings (SSSR count). The van der Waals surface area contributed by atoms with E-state index in [2.05, 4.69) is 13.8 Å². The van der Waals surface area contributed by atoms with Crippen molar-refractivity contribution in [2.75, 3.05) is 0 Å². The Morgan fingerprint density at radius 1 is 1.25 bits per heavy atom. The molecule has 12 heavy (non-hydrogen) atoms. The third kappa shape index (κ3) is 4.35. The molecule has 0 aromatic carbocycles. The predicted molar refractivity (Wildman–Crippen MR) is 49.5 cm³/mol. The Hall–Kier alpha value is -0.550. The largest absolute Gasteiger partial charge is 0.392 e. The van der Waals surface area contributed by atoms with E-state index in [0.717, 1.165) is 25.7 Å². The maximum Gasteiger partial charge on any atom is 0.0698 e. The quantitative estimate of drug-likeness (QED) is 0.663. The molecule has 0 saturated heterocycles. The van der Waals surface area contributed by atoms with Gasteiger partial charge in [0.1, 0.15) is 0 Å². The van der Waals surface area contributed by atoms with Crippen LogP contribution in [-0.2, 0) is 0 Å². The highest BCUT2D eigenvalue weighted by molar-refractivity contribution is 4.79. The zero-order valence-corrected chi connectivity index (χ0v) is 8.08. The zero-order chi connectivity index (χ0) is 9.40. The zero-order valence-electron chi connectivity index (χ0n) is 8.08. The molecule has 0 spiro atoms. The molecule has 70 valence electrons. The van der Waals surface area contributed by atoms with Crippen molar-refractivity contribution < 1.29 is 5.11 Å². The average Bonchev–Trinajstić information content (AvgIpc) is 2.04. The van der Waals surface area contributed by atoms with Gasteiger partial charge in [-0.2, -0.15) is 5.26 Å². The molecule has 0 fully saturated rings. The summed E-state index contributed by atoms with van der Waals surface area (Å²) >= 11 is 0. The number of aliphatic hydroxyl groups is 1. The van der Waals surface area contributed by atoms with E-state index in [1.54, 1.807) is 0 Å². The standard InChI is InChI=1S/C10H19NO/c1-3-5-9(6-4-2)10(12)7-8-11/h9-10,12H,3-7H2,1-2H3. The lowest BCUT2D eigenvalue weighted by Crippen LogP contribution is -2.19. The topological polar surface area (TPSA) is 44.0 Å². The average molecular weight is 169 g/mol. The fourth-order valence-electron chi connectivity index (χ4n) is 1.53. The molecular formula is C10H19NO. The molecule has 0 radical (unpaired) electrons. The molecule has 0 bridgehead atoms. The lowest BCUT2D eigenvalue weighted by molar-refractivity contribution is 0.100. The number of hydrogen-bond donors (Lipinski definition) is 1. The number of nitrogens with zero attached hydrogens (tertiary/aromatic N) is 1. The number of hydrogen-bond acceptors (Lipinski definition) is 2. The summed E-state index contributed by atoms with van der Waals surface area (Å²) in [4.78, 5) is 0. The van der Waals surface area contributed by atoms with E-state index in [0.29, 0.717) is 5.92 Å². The molecule has 0 aromatic heterocycles. The van der Waals surface area contributed by atoms with E-state index in [1.807, 2.05) is 6.07 Å². The minimum Gasteiger partial charge on any atom is -0.392 e. The monoisotopic (exact) mass is 169 g/mol. The maximum absolute atomic E-state index is 9.55. The summed E-state index contributed by atoms with van der Waals surface area (Å²) in [6.45, 7) is 4.23. The molecule has 1 unspecified atom stereocenters. The first-order chi connectivity index (χ1) is 5.76. The van der Waals surface area contributed by atoms with Crippen molar-refractivity contribution in [3.63, 3.8) is 0 Å². The first kappa shape index (κ1) is 11.4. The SMILES string of the molecule is CCCC(CCC)C(O)CC#N. The first-order valence-corrected chi connectivity index (χ1v) is 4.81. The number of rotatable bonds is 6. The molecule has 0 aliphatic heterocycles. The molecule has 0 aliphatic rings. The van der Waals surface area contributed by atoms with Crippen LogP contribution >= 0.6 is 0 Å². The summed E-state index contributed by atoms with van der Waals surface area (Å²) in [6.07, 6.45) is 4.13. The molecule has 0 aliphatic carbocycles. The molecule has 0 heterocycles. The molecular weight excluding hydrogens is 150 g/mol. The van der Waals surface area contributed by atoms with Gasteiger partial charge in [0.25, 0.3) is 0 Å². The van der Waals surface area contributed by atoms with Crippen LogP contribution in [0.4, 0.5) is 0 Å². The molecule has 0 amide bonds. The predicted octanol–water partition coefficient (Wildman–Crippen LogP) is 2.48. The minimum atomic E-state index is -0.408. The van der Waals surface area contributed by atoms with Crippen LogP contribution in [-0.4, -0.2) is 11.2 Å². The van der Waals surface area contributed by atoms with Crippen molar-refractivity contribution in [3.05, 3.63) is 0 Å². The fourth-order valence-corrected chi connectivity index (χ4v) is 1.53. The van der Waals surface area contributed by atoms with Gasteiger partial charge in [-0.05, 0) is 18.8 Å². The van der Waals surface area contributed by atoms with Crippen LogP contribution in [0.1, 0.15) is 46.0 Å². The van der Waals surface area contributed by atoms with Crippen molar-refractivity contribution in [1.82, 2.24) is 0 Å². The number of nitriles is 1. The minimum absolute atomic E-state index is 0.282. The van der Waals surface area contributed by atoms with E-state index >= 15 is 0 Å². The second-order valence-corrected chi connectivity index (χ2v) is 3.27. The van der Waals surface area contributed by atoms with Gasteiger partial charge in [0.2, 0.25) is 0 Å². The lowest BCUT2D eigenvalue weighted by atomic mass is 9.91. The summed E-state index contributed by atoms with van der Waals surface area (Å²) in [5, 5.41) is 18.0. The van der Waals surface area contributed by atoms with Crippen molar-refractivity contribution in [1.29, 1.82) is 5.26 Å². The Balaban J connectivity index is 3.82. The number of aliphatic hydroxyl groups excluding tert-OH is 1. The highest BCUT2D eigenvalue weighted by Crippen LogP contribution is 2.19. The summed E-state index contributed by atoms with van der Waals surface area (Å²) in [6, 6.07) is 2.01. The van der Waals surface area contributed by atoms with Gasteiger partial charge in [0.05, 0.1) is 18.6 Å². The van der Waals surface area contributed by atoms with E-state index < -0.39 is 6.10 Å². The normalized spacial score (nSPS) is 12.9. The summed E-state index contributed by atoms with van der Waals surface area (Å²) in [5.74, 6) is 0.333. The van der Waals surface area contributed by atoms with Crippen molar-refractivity contribution in [3.8, 4) is 6.07 Å². The Morgan fingerprint density at radius 2 is 1.75 bits per heavy atom. The molecule has 0 saturated carbocycles. The van der Waals surface area contributed by atoms with Gasteiger partial charge >= 0.3 is 0 Å². The molecule has 1 atom stereocenters. The van der Waals surface area contributed by atoms with Gasteiger partial charge in [-0.15, -0.1) is 0 Å². The van der Waals surface area contributed by atoms with Gasteiger partial charge in [0.15, 0.2) is 0 Å². The maximum atomic E-state index is 9.55. The van der Waals surface area contributed by atoms with Gasteiger partial charge < -0.3 is 5.11 Å². The van der Waals surface area contributed by atoms with Crippen molar-refractivity contribution in [2.45, 2.75) is 52.1 Å². The summed E-state index contributed by atoms with van der Waals surface area (Å²) in [7, 11) is 0. The van der Waals surface area contributed by atoms with Gasteiger partial charge in [-0.25, -0.2) is 0 Å². The highest BCUT2D eigenvalue weighted by Gasteiger charge is 2.16. The molecule has 2 heteroatoms. The Bertz CT molecular complexity index is 133. The van der Waals surface area contributed by atoms with Crippen LogP contribution in [0.2, 0.25) is 0 Å². The highest BCUT2D eigenvalue weighted by atomic mass is 16.3. The van der Waals surface area contributed by atoms with Crippen LogP contribution < -0.4 is 0 Å². The van der Waals surface area contributed by atoms with Crippen LogP contribution in [0.3, 0.4) is 0 Å². The van der Waals surface area contributed by atoms with Gasteiger partial charge in [0, 0.05) is 0 Å². The second kappa shape index (κ2) is 7.12. The van der Waals surface area contributed by atoms with Crippen LogP contribution in [0.5, 0.6) is 0 Å². The van der Waals surface area contributed by atoms with Crippen molar-refractivity contribution in [2.24, 2.45) is 5.92 Å². The lowest BCUT2D eigenvalue weighted by Gasteiger charge is -2.19. The molecule has 2 nitrogen and oxygen atoms in total. The Labute approximate surface area is 75.2 Å². The van der Waals surface area contributed by atoms with Gasteiger partial charge in [-0.3, -0.25) is 0 Å². The third-order valence-corrected chi connectivity index (χ3v) is 2.16. The van der Waals surface area contributed by atoms with E-state index in [1.165, 1.54) is 0 Å². The van der Waals surface area contributed by atoms with Crippen LogP contribution in [0.15, 0.2) is 0 Å². The molecule has 1 N–H and O–H groups in total. The third-order valence-electron chi connectivity index (χ3n) is 2.16. The first-order valence-electron chi connectivity index (χ1n) is 4.81. The second-order valence-electron chi connectivity index (χ2n) is 3.27. The van der Waals surface area contributed by atoms with Crippen LogP contribution in [0, 0.1) is 17.2 Å². The van der Waals surface area contributed by atoms with E-state index in [4.69, 9.17) is 5.26 Å². The summed E-state index contributed by atoms with van der Waals surface area (Å²) < 4.78 is 0. The van der Waals surface area contributed by atoms with Crippen molar-refractivity contribution >= 4 is 0 Å². The summed E-state index contributed by atoms with van der Waals surface area (Å²) in [5.41, 5.74) is 0. The Morgan fingerprint density at radius 3 is 2.08 bits per heavy atom. The van der Waals surface area contributed by atoms with Gasteiger partial charge in [-0.1, -0.05) is 26.7 Å². The van der Waals surface area contributed by atoms with E-state index in [9.17, 15) is 5.11 Å². The smallest absolute Gasteiger partial charge is 0.0698 e. The molecule has 0 aromatic rings. The van der Waals surface area contributed by atoms with Crippen LogP contribution in [0.25, 0.3) is 0 Å². The fraction of sp³-hybridized carbons (Fsp3) is 0.900.